The molecule has 0 unspecified atom stereocenters. The van der Waals surface area contributed by atoms with Crippen molar-refractivity contribution < 1.29 is 14.3 Å². The van der Waals surface area contributed by atoms with Gasteiger partial charge in [0.15, 0.2) is 0 Å². The normalized spacial score (nSPS) is 14.4. The van der Waals surface area contributed by atoms with Crippen molar-refractivity contribution in [2.45, 2.75) is 20.4 Å². The largest absolute Gasteiger partial charge is 0.497 e. The van der Waals surface area contributed by atoms with Crippen molar-refractivity contribution in [3.63, 3.8) is 0 Å². The molecular weight excluding hydrogens is 378 g/mol. The van der Waals surface area contributed by atoms with Crippen LogP contribution in [0.1, 0.15) is 19.4 Å². The highest BCUT2D eigenvalue weighted by Crippen LogP contribution is 2.23. The lowest BCUT2D eigenvalue weighted by Crippen LogP contribution is -2.48. The van der Waals surface area contributed by atoms with Gasteiger partial charge >= 0.3 is 0 Å². The van der Waals surface area contributed by atoms with E-state index in [2.05, 4.69) is 47.1 Å². The summed E-state index contributed by atoms with van der Waals surface area (Å²) >= 11 is 0. The Morgan fingerprint density at radius 1 is 1.03 bits per heavy atom. The Hall–Kier alpha value is -2.73. The molecule has 0 bridgehead atoms. The van der Waals surface area contributed by atoms with Gasteiger partial charge in [-0.15, -0.1) is 0 Å². The fourth-order valence-electron chi connectivity index (χ4n) is 3.73. The second-order valence-corrected chi connectivity index (χ2v) is 7.56. The van der Waals surface area contributed by atoms with Gasteiger partial charge in [0, 0.05) is 64.5 Å². The number of carbonyl (C=O) groups excluding carboxylic acids is 1. The first-order valence-electron chi connectivity index (χ1n) is 10.7. The van der Waals surface area contributed by atoms with Crippen molar-refractivity contribution in [2.75, 3.05) is 57.9 Å². The predicted octanol–water partition coefficient (Wildman–Crippen LogP) is 3.26. The van der Waals surface area contributed by atoms with Gasteiger partial charge in [0.1, 0.15) is 18.1 Å². The first-order valence-corrected chi connectivity index (χ1v) is 10.7. The average Bonchev–Trinajstić information content (AvgIpc) is 2.78. The summed E-state index contributed by atoms with van der Waals surface area (Å²) in [6.45, 7) is 10.5. The molecule has 0 N–H and O–H groups in total. The van der Waals surface area contributed by atoms with E-state index < -0.39 is 0 Å². The number of anilines is 1. The molecule has 162 valence electrons. The molecule has 0 saturated carbocycles. The summed E-state index contributed by atoms with van der Waals surface area (Å²) in [6.07, 6.45) is 0. The van der Waals surface area contributed by atoms with E-state index in [0.29, 0.717) is 6.61 Å². The second-order valence-electron chi connectivity index (χ2n) is 7.56. The lowest BCUT2D eigenvalue weighted by molar-refractivity contribution is -0.130. The first-order chi connectivity index (χ1) is 14.6. The molecule has 6 heteroatoms. The van der Waals surface area contributed by atoms with Crippen LogP contribution in [-0.2, 0) is 11.3 Å². The molecule has 0 spiro atoms. The Kier molecular flexibility index (Phi) is 7.97. The van der Waals surface area contributed by atoms with Crippen LogP contribution in [-0.4, -0.2) is 68.7 Å². The topological polar surface area (TPSA) is 45.2 Å². The van der Waals surface area contributed by atoms with Crippen LogP contribution in [0, 0.1) is 0 Å². The molecule has 2 aromatic rings. The molecule has 2 aromatic carbocycles. The minimum absolute atomic E-state index is 0.165. The number of hydrogen-bond acceptors (Lipinski definition) is 5. The van der Waals surface area contributed by atoms with E-state index in [1.54, 1.807) is 14.0 Å². The lowest BCUT2D eigenvalue weighted by Gasteiger charge is -2.34. The molecule has 1 saturated heterocycles. The fourth-order valence-corrected chi connectivity index (χ4v) is 3.73. The van der Waals surface area contributed by atoms with Gasteiger partial charge in [0.25, 0.3) is 0 Å². The van der Waals surface area contributed by atoms with Gasteiger partial charge < -0.3 is 19.3 Å². The number of methoxy groups -OCH3 is 1. The molecular formula is C24H33N3O3. The van der Waals surface area contributed by atoms with Gasteiger partial charge in [-0.3, -0.25) is 9.69 Å². The van der Waals surface area contributed by atoms with Gasteiger partial charge in [0.2, 0.25) is 5.91 Å². The molecule has 0 radical (unpaired) electrons. The average molecular weight is 412 g/mol. The number of ether oxygens (including phenoxy) is 2. The zero-order valence-electron chi connectivity index (χ0n) is 18.3. The van der Waals surface area contributed by atoms with Crippen LogP contribution < -0.4 is 14.4 Å². The van der Waals surface area contributed by atoms with Crippen molar-refractivity contribution in [1.82, 2.24) is 9.80 Å². The highest BCUT2D eigenvalue weighted by Gasteiger charge is 2.18. The molecule has 0 atom stereocenters. The van der Waals surface area contributed by atoms with E-state index in [-0.39, 0.29) is 5.91 Å². The molecule has 1 aliphatic heterocycles. The number of hydrogen-bond donors (Lipinski definition) is 0. The molecule has 30 heavy (non-hydrogen) atoms. The summed E-state index contributed by atoms with van der Waals surface area (Å²) in [5.74, 6) is 1.93. The maximum absolute atomic E-state index is 11.4. The lowest BCUT2D eigenvalue weighted by atomic mass is 10.2. The summed E-state index contributed by atoms with van der Waals surface area (Å²) in [6, 6.07) is 16.5. The summed E-state index contributed by atoms with van der Waals surface area (Å²) < 4.78 is 11.4. The minimum Gasteiger partial charge on any atom is -0.497 e. The second kappa shape index (κ2) is 10.9. The third-order valence-electron chi connectivity index (χ3n) is 5.57. The van der Waals surface area contributed by atoms with E-state index >= 15 is 0 Å². The Balaban J connectivity index is 1.51. The van der Waals surface area contributed by atoms with Crippen molar-refractivity contribution in [1.29, 1.82) is 0 Å². The predicted molar refractivity (Wildman–Crippen MR) is 120 cm³/mol. The zero-order valence-corrected chi connectivity index (χ0v) is 18.3. The van der Waals surface area contributed by atoms with Crippen LogP contribution in [0.25, 0.3) is 0 Å². The van der Waals surface area contributed by atoms with Gasteiger partial charge in [-0.2, -0.15) is 0 Å². The Labute approximate surface area is 180 Å². The van der Waals surface area contributed by atoms with Gasteiger partial charge in [-0.1, -0.05) is 18.2 Å². The third kappa shape index (κ3) is 6.13. The Bertz CT molecular complexity index is 819. The van der Waals surface area contributed by atoms with Crippen LogP contribution in [0.4, 0.5) is 5.69 Å². The van der Waals surface area contributed by atoms with Gasteiger partial charge in [0.05, 0.1) is 7.11 Å². The van der Waals surface area contributed by atoms with Crippen molar-refractivity contribution in [2.24, 2.45) is 0 Å². The monoisotopic (exact) mass is 411 g/mol. The number of amides is 1. The van der Waals surface area contributed by atoms with Crippen LogP contribution in [0.15, 0.2) is 48.5 Å². The van der Waals surface area contributed by atoms with Crippen LogP contribution >= 0.6 is 0 Å². The van der Waals surface area contributed by atoms with E-state index in [1.165, 1.54) is 5.56 Å². The standard InChI is InChI=1S/C24H33N3O3/c1-4-26(22-8-6-9-23(18-22)29-3)19-21-7-5-10-24(17-21)30-16-15-25-11-13-27(14-12-25)20(2)28/h5-10,17-18H,4,11-16,19H2,1-3H3. The first kappa shape index (κ1) is 22.0. The minimum atomic E-state index is 0.165. The molecule has 0 aliphatic carbocycles. The van der Waals surface area contributed by atoms with Gasteiger partial charge in [-0.25, -0.2) is 0 Å². The quantitative estimate of drug-likeness (QED) is 0.634. The van der Waals surface area contributed by atoms with E-state index in [9.17, 15) is 4.79 Å². The molecule has 3 rings (SSSR count). The molecule has 1 fully saturated rings. The van der Waals surface area contributed by atoms with E-state index in [4.69, 9.17) is 9.47 Å². The summed E-state index contributed by atoms with van der Waals surface area (Å²) in [4.78, 5) is 18.0. The molecule has 0 aromatic heterocycles. The zero-order chi connectivity index (χ0) is 21.3. The number of benzene rings is 2. The highest BCUT2D eigenvalue weighted by atomic mass is 16.5. The molecule has 1 aliphatic rings. The maximum atomic E-state index is 11.4. The number of piperazine rings is 1. The SMILES string of the molecule is CCN(Cc1cccc(OCCN2CCN(C(C)=O)CC2)c1)c1cccc(OC)c1. The molecule has 6 nitrogen and oxygen atoms in total. The Morgan fingerprint density at radius 3 is 2.47 bits per heavy atom. The van der Waals surface area contributed by atoms with Crippen molar-refractivity contribution in [3.05, 3.63) is 54.1 Å². The van der Waals surface area contributed by atoms with Gasteiger partial charge in [-0.05, 0) is 36.8 Å². The summed E-state index contributed by atoms with van der Waals surface area (Å²) in [7, 11) is 1.69. The highest BCUT2D eigenvalue weighted by molar-refractivity contribution is 5.73. The van der Waals surface area contributed by atoms with Crippen molar-refractivity contribution in [3.8, 4) is 11.5 Å². The third-order valence-corrected chi connectivity index (χ3v) is 5.57. The van der Waals surface area contributed by atoms with Crippen molar-refractivity contribution >= 4 is 11.6 Å². The van der Waals surface area contributed by atoms with Crippen LogP contribution in [0.5, 0.6) is 11.5 Å². The maximum Gasteiger partial charge on any atom is 0.219 e. The molecule has 1 heterocycles. The number of carbonyl (C=O) groups is 1. The fraction of sp³-hybridized carbons (Fsp3) is 0.458. The molecule has 1 amide bonds. The number of nitrogens with zero attached hydrogens (tertiary/aromatic N) is 3. The number of rotatable bonds is 9. The smallest absolute Gasteiger partial charge is 0.219 e. The van der Waals surface area contributed by atoms with E-state index in [0.717, 1.165) is 63.0 Å². The Morgan fingerprint density at radius 2 is 1.77 bits per heavy atom. The van der Waals surface area contributed by atoms with Crippen LogP contribution in [0.3, 0.4) is 0 Å². The summed E-state index contributed by atoms with van der Waals surface area (Å²) in [5.41, 5.74) is 2.36. The van der Waals surface area contributed by atoms with Crippen LogP contribution in [0.2, 0.25) is 0 Å². The summed E-state index contributed by atoms with van der Waals surface area (Å²) in [5, 5.41) is 0. The van der Waals surface area contributed by atoms with E-state index in [1.807, 2.05) is 23.1 Å².